The molecule has 0 aliphatic rings. The average molecular weight is 202 g/mol. The third-order valence-electron chi connectivity index (χ3n) is 1.54. The fourth-order valence-electron chi connectivity index (χ4n) is 0.995. The first-order valence-electron chi connectivity index (χ1n) is 3.44. The summed E-state index contributed by atoms with van der Waals surface area (Å²) in [6.45, 7) is 0. The smallest absolute Gasteiger partial charge is 0.295 e. The number of aromatic nitrogens is 2. The number of nitrogens with zero attached hydrogens (tertiary/aromatic N) is 1. The Labute approximate surface area is 75.1 Å². The van der Waals surface area contributed by atoms with Crippen molar-refractivity contribution in [2.24, 2.45) is 0 Å². The number of fused-ring (bicyclic) bond motifs is 1. The molecule has 0 aromatic carbocycles. The highest BCUT2D eigenvalue weighted by atomic mass is 32.1. The molecule has 68 valence electrons. The van der Waals surface area contributed by atoms with E-state index in [4.69, 9.17) is 0 Å². The monoisotopic (exact) mass is 202 g/mol. The zero-order valence-electron chi connectivity index (χ0n) is 6.25. The zero-order valence-corrected chi connectivity index (χ0v) is 7.07. The van der Waals surface area contributed by atoms with Gasteiger partial charge in [0, 0.05) is 0 Å². The molecule has 0 radical (unpaired) electrons. The SMILES string of the molecule is O=c1[nH]c(C(F)F)nc2ccsc12. The van der Waals surface area contributed by atoms with Crippen LogP contribution in [0, 0.1) is 0 Å². The minimum absolute atomic E-state index is 0.323. The Hall–Kier alpha value is -1.30. The van der Waals surface area contributed by atoms with E-state index in [1.54, 1.807) is 11.4 Å². The average Bonchev–Trinajstić information content (AvgIpc) is 2.51. The number of H-pyrrole nitrogens is 1. The van der Waals surface area contributed by atoms with E-state index in [0.717, 1.165) is 0 Å². The highest BCUT2D eigenvalue weighted by Crippen LogP contribution is 2.18. The second-order valence-corrected chi connectivity index (χ2v) is 3.30. The number of alkyl halides is 2. The molecule has 0 saturated heterocycles. The van der Waals surface area contributed by atoms with Crippen LogP contribution in [0.4, 0.5) is 8.78 Å². The van der Waals surface area contributed by atoms with Gasteiger partial charge in [-0.3, -0.25) is 4.79 Å². The molecule has 2 heterocycles. The van der Waals surface area contributed by atoms with Gasteiger partial charge in [-0.2, -0.15) is 0 Å². The molecule has 0 amide bonds. The van der Waals surface area contributed by atoms with Crippen LogP contribution >= 0.6 is 11.3 Å². The summed E-state index contributed by atoms with van der Waals surface area (Å²) in [5.41, 5.74) is -0.181. The zero-order chi connectivity index (χ0) is 9.42. The standard InChI is InChI=1S/C7H4F2N2OS/c8-5(9)6-10-3-1-2-13-4(3)7(12)11-6/h1-2,5H,(H,10,11,12). The van der Waals surface area contributed by atoms with E-state index in [2.05, 4.69) is 4.98 Å². The normalized spacial score (nSPS) is 11.3. The summed E-state index contributed by atoms with van der Waals surface area (Å²) in [5, 5.41) is 1.64. The van der Waals surface area contributed by atoms with E-state index in [9.17, 15) is 13.6 Å². The van der Waals surface area contributed by atoms with Gasteiger partial charge in [-0.05, 0) is 11.4 Å². The van der Waals surface area contributed by atoms with Crippen LogP contribution in [0.15, 0.2) is 16.2 Å². The molecule has 0 saturated carbocycles. The first-order valence-corrected chi connectivity index (χ1v) is 4.32. The van der Waals surface area contributed by atoms with Gasteiger partial charge in [0.2, 0.25) is 0 Å². The Morgan fingerprint density at radius 3 is 3.00 bits per heavy atom. The molecule has 2 aromatic heterocycles. The van der Waals surface area contributed by atoms with E-state index in [1.807, 2.05) is 4.98 Å². The van der Waals surface area contributed by atoms with Gasteiger partial charge in [0.15, 0.2) is 5.82 Å². The molecule has 6 heteroatoms. The number of aromatic amines is 1. The molecular weight excluding hydrogens is 198 g/mol. The van der Waals surface area contributed by atoms with Gasteiger partial charge in [-0.25, -0.2) is 13.8 Å². The predicted molar refractivity (Wildman–Crippen MR) is 45.2 cm³/mol. The van der Waals surface area contributed by atoms with E-state index < -0.39 is 17.8 Å². The molecule has 1 N–H and O–H groups in total. The lowest BCUT2D eigenvalue weighted by Crippen LogP contribution is -2.10. The van der Waals surface area contributed by atoms with Crippen LogP contribution in [0.2, 0.25) is 0 Å². The Kier molecular flexibility index (Phi) is 1.84. The maximum Gasteiger partial charge on any atom is 0.295 e. The Morgan fingerprint density at radius 1 is 1.54 bits per heavy atom. The predicted octanol–water partition coefficient (Wildman–Crippen LogP) is 1.92. The lowest BCUT2D eigenvalue weighted by Gasteiger charge is -1.96. The number of hydrogen-bond acceptors (Lipinski definition) is 3. The molecule has 2 aromatic rings. The summed E-state index contributed by atoms with van der Waals surface area (Å²) in [5.74, 6) is -0.573. The van der Waals surface area contributed by atoms with Crippen molar-refractivity contribution in [2.75, 3.05) is 0 Å². The van der Waals surface area contributed by atoms with E-state index in [-0.39, 0.29) is 0 Å². The fraction of sp³-hybridized carbons (Fsp3) is 0.143. The van der Waals surface area contributed by atoms with Crippen molar-refractivity contribution in [1.82, 2.24) is 9.97 Å². The van der Waals surface area contributed by atoms with Crippen molar-refractivity contribution >= 4 is 21.6 Å². The second-order valence-electron chi connectivity index (χ2n) is 2.39. The van der Waals surface area contributed by atoms with Gasteiger partial charge < -0.3 is 4.98 Å². The Balaban J connectivity index is 2.77. The molecule has 0 spiro atoms. The van der Waals surface area contributed by atoms with Crippen molar-refractivity contribution in [2.45, 2.75) is 6.43 Å². The summed E-state index contributed by atoms with van der Waals surface area (Å²) in [7, 11) is 0. The summed E-state index contributed by atoms with van der Waals surface area (Å²) < 4.78 is 24.7. The van der Waals surface area contributed by atoms with Crippen LogP contribution in [0.3, 0.4) is 0 Å². The molecule has 3 nitrogen and oxygen atoms in total. The fourth-order valence-corrected chi connectivity index (χ4v) is 1.72. The van der Waals surface area contributed by atoms with Crippen molar-refractivity contribution in [1.29, 1.82) is 0 Å². The second kappa shape index (κ2) is 2.88. The maximum absolute atomic E-state index is 12.2. The van der Waals surface area contributed by atoms with Gasteiger partial charge >= 0.3 is 0 Å². The van der Waals surface area contributed by atoms with Crippen molar-refractivity contribution in [3.8, 4) is 0 Å². The van der Waals surface area contributed by atoms with Gasteiger partial charge in [0.05, 0.1) is 5.52 Å². The molecular formula is C7H4F2N2OS. The van der Waals surface area contributed by atoms with Crippen LogP contribution in [-0.2, 0) is 0 Å². The van der Waals surface area contributed by atoms with Crippen LogP contribution < -0.4 is 5.56 Å². The molecule has 2 rings (SSSR count). The minimum Gasteiger partial charge on any atom is -0.304 e. The molecule has 0 unspecified atom stereocenters. The molecule has 0 aliphatic carbocycles. The van der Waals surface area contributed by atoms with E-state index in [1.165, 1.54) is 11.3 Å². The van der Waals surface area contributed by atoms with Gasteiger partial charge in [0.1, 0.15) is 4.70 Å². The van der Waals surface area contributed by atoms with Gasteiger partial charge in [-0.1, -0.05) is 0 Å². The van der Waals surface area contributed by atoms with Crippen LogP contribution in [-0.4, -0.2) is 9.97 Å². The molecule has 0 atom stereocenters. The van der Waals surface area contributed by atoms with Crippen molar-refractivity contribution < 1.29 is 8.78 Å². The summed E-state index contributed by atoms with van der Waals surface area (Å²) in [6, 6.07) is 1.54. The summed E-state index contributed by atoms with van der Waals surface area (Å²) in [4.78, 5) is 16.8. The Bertz CT molecular complexity index is 490. The van der Waals surface area contributed by atoms with Crippen LogP contribution in [0.5, 0.6) is 0 Å². The summed E-state index contributed by atoms with van der Waals surface area (Å²) in [6.07, 6.45) is -2.74. The maximum atomic E-state index is 12.2. The van der Waals surface area contributed by atoms with E-state index >= 15 is 0 Å². The third-order valence-corrected chi connectivity index (χ3v) is 2.44. The number of hydrogen-bond donors (Lipinski definition) is 1. The number of nitrogens with one attached hydrogen (secondary N) is 1. The number of thiophene rings is 1. The van der Waals surface area contributed by atoms with Crippen LogP contribution in [0.25, 0.3) is 10.2 Å². The Morgan fingerprint density at radius 2 is 2.31 bits per heavy atom. The largest absolute Gasteiger partial charge is 0.304 e. The first kappa shape index (κ1) is 8.31. The molecule has 13 heavy (non-hydrogen) atoms. The quantitative estimate of drug-likeness (QED) is 0.767. The van der Waals surface area contributed by atoms with Crippen molar-refractivity contribution in [3.05, 3.63) is 27.6 Å². The molecule has 0 bridgehead atoms. The molecule has 0 aliphatic heterocycles. The lowest BCUT2D eigenvalue weighted by molar-refractivity contribution is 0.140. The first-order chi connectivity index (χ1) is 6.18. The minimum atomic E-state index is -2.74. The third kappa shape index (κ3) is 1.33. The topological polar surface area (TPSA) is 45.8 Å². The number of halogens is 2. The van der Waals surface area contributed by atoms with Gasteiger partial charge in [0.25, 0.3) is 12.0 Å². The lowest BCUT2D eigenvalue weighted by atomic mass is 10.4. The summed E-state index contributed by atoms with van der Waals surface area (Å²) >= 11 is 1.18. The van der Waals surface area contributed by atoms with Crippen LogP contribution in [0.1, 0.15) is 12.2 Å². The van der Waals surface area contributed by atoms with E-state index in [0.29, 0.717) is 10.2 Å². The van der Waals surface area contributed by atoms with Crippen molar-refractivity contribution in [3.63, 3.8) is 0 Å². The molecule has 0 fully saturated rings. The highest BCUT2D eigenvalue weighted by molar-refractivity contribution is 7.17. The highest BCUT2D eigenvalue weighted by Gasteiger charge is 2.12. The van der Waals surface area contributed by atoms with Gasteiger partial charge in [-0.15, -0.1) is 11.3 Å². The number of rotatable bonds is 1.